The first-order chi connectivity index (χ1) is 9.30. The largest absolute Gasteiger partial charge is 0.394 e. The van der Waals surface area contributed by atoms with Crippen LogP contribution in [0.25, 0.3) is 0 Å². The third-order valence-corrected chi connectivity index (χ3v) is 4.82. The highest BCUT2D eigenvalue weighted by molar-refractivity contribution is 5.02. The molecular weight excluding hydrogens is 236 g/mol. The summed E-state index contributed by atoms with van der Waals surface area (Å²) >= 11 is 0. The summed E-state index contributed by atoms with van der Waals surface area (Å²) in [5.41, 5.74) is -0.0186. The zero-order chi connectivity index (χ0) is 13.6. The second-order valence-electron chi connectivity index (χ2n) is 6.56. The Bertz CT molecular complexity index is 247. The molecule has 0 spiro atoms. The molecule has 0 aromatic carbocycles. The van der Waals surface area contributed by atoms with Crippen molar-refractivity contribution in [2.45, 2.75) is 63.8 Å². The standard InChI is InChI=1S/C16H32N2O/c1-2-10-17-16(14-19,15-8-9-15)13-18-11-6-4-3-5-7-12-18/h15,17,19H,2-14H2,1H3. The van der Waals surface area contributed by atoms with Gasteiger partial charge in [0.05, 0.1) is 12.1 Å². The van der Waals surface area contributed by atoms with E-state index in [2.05, 4.69) is 17.1 Å². The smallest absolute Gasteiger partial charge is 0.0628 e. The van der Waals surface area contributed by atoms with Gasteiger partial charge in [-0.3, -0.25) is 0 Å². The van der Waals surface area contributed by atoms with Crippen molar-refractivity contribution in [3.8, 4) is 0 Å². The van der Waals surface area contributed by atoms with Crippen molar-refractivity contribution in [2.24, 2.45) is 5.92 Å². The van der Waals surface area contributed by atoms with Crippen LogP contribution in [0.5, 0.6) is 0 Å². The summed E-state index contributed by atoms with van der Waals surface area (Å²) in [6, 6.07) is 0. The molecule has 0 aromatic rings. The Kier molecular flexibility index (Phi) is 6.11. The van der Waals surface area contributed by atoms with Gasteiger partial charge in [0.25, 0.3) is 0 Å². The molecule has 1 unspecified atom stereocenters. The summed E-state index contributed by atoms with van der Waals surface area (Å²) in [6.07, 6.45) is 10.6. The lowest BCUT2D eigenvalue weighted by Gasteiger charge is -2.39. The highest BCUT2D eigenvalue weighted by atomic mass is 16.3. The summed E-state index contributed by atoms with van der Waals surface area (Å²) in [6.45, 7) is 7.04. The van der Waals surface area contributed by atoms with E-state index >= 15 is 0 Å². The monoisotopic (exact) mass is 268 g/mol. The minimum Gasteiger partial charge on any atom is -0.394 e. The first kappa shape index (κ1) is 15.3. The van der Waals surface area contributed by atoms with Gasteiger partial charge in [-0.25, -0.2) is 0 Å². The fraction of sp³-hybridized carbons (Fsp3) is 1.00. The van der Waals surface area contributed by atoms with Gasteiger partial charge in [0, 0.05) is 6.54 Å². The predicted molar refractivity (Wildman–Crippen MR) is 80.4 cm³/mol. The second-order valence-corrected chi connectivity index (χ2v) is 6.56. The number of likely N-dealkylation sites (tertiary alicyclic amines) is 1. The first-order valence-electron chi connectivity index (χ1n) is 8.39. The maximum atomic E-state index is 9.98. The number of aliphatic hydroxyl groups excluding tert-OH is 1. The van der Waals surface area contributed by atoms with Crippen molar-refractivity contribution in [2.75, 3.05) is 32.8 Å². The molecule has 0 aromatic heterocycles. The van der Waals surface area contributed by atoms with Crippen LogP contribution in [0.4, 0.5) is 0 Å². The molecule has 2 N–H and O–H groups in total. The van der Waals surface area contributed by atoms with Crippen LogP contribution >= 0.6 is 0 Å². The maximum Gasteiger partial charge on any atom is 0.0628 e. The molecule has 112 valence electrons. The summed E-state index contributed by atoms with van der Waals surface area (Å²) in [5, 5.41) is 13.7. The van der Waals surface area contributed by atoms with Gasteiger partial charge in [0.15, 0.2) is 0 Å². The number of hydrogen-bond donors (Lipinski definition) is 2. The summed E-state index contributed by atoms with van der Waals surface area (Å²) in [4.78, 5) is 2.61. The molecule has 0 amide bonds. The number of nitrogens with zero attached hydrogens (tertiary/aromatic N) is 1. The second kappa shape index (κ2) is 7.61. The Labute approximate surface area is 118 Å². The molecule has 2 aliphatic rings. The first-order valence-corrected chi connectivity index (χ1v) is 8.39. The van der Waals surface area contributed by atoms with E-state index in [1.165, 1.54) is 58.0 Å². The maximum absolute atomic E-state index is 9.98. The molecule has 19 heavy (non-hydrogen) atoms. The van der Waals surface area contributed by atoms with Gasteiger partial charge in [-0.1, -0.05) is 26.2 Å². The Morgan fingerprint density at radius 2 is 1.74 bits per heavy atom. The summed E-state index contributed by atoms with van der Waals surface area (Å²) < 4.78 is 0. The lowest BCUT2D eigenvalue weighted by molar-refractivity contribution is 0.0866. The fourth-order valence-electron chi connectivity index (χ4n) is 3.44. The van der Waals surface area contributed by atoms with E-state index in [9.17, 15) is 5.11 Å². The minimum absolute atomic E-state index is 0.0186. The molecule has 2 fully saturated rings. The van der Waals surface area contributed by atoms with Crippen molar-refractivity contribution in [3.63, 3.8) is 0 Å². The molecule has 2 rings (SSSR count). The molecule has 3 heteroatoms. The van der Waals surface area contributed by atoms with Crippen molar-refractivity contribution in [1.29, 1.82) is 0 Å². The summed E-state index contributed by atoms with van der Waals surface area (Å²) in [7, 11) is 0. The van der Waals surface area contributed by atoms with Gasteiger partial charge >= 0.3 is 0 Å². The van der Waals surface area contributed by atoms with Crippen molar-refractivity contribution in [3.05, 3.63) is 0 Å². The lowest BCUT2D eigenvalue weighted by Crippen LogP contribution is -2.58. The van der Waals surface area contributed by atoms with Gasteiger partial charge in [0.1, 0.15) is 0 Å². The van der Waals surface area contributed by atoms with E-state index in [1.54, 1.807) is 0 Å². The molecule has 1 aliphatic carbocycles. The van der Waals surface area contributed by atoms with Crippen LogP contribution in [-0.4, -0.2) is 48.3 Å². The number of nitrogens with one attached hydrogen (secondary N) is 1. The van der Waals surface area contributed by atoms with E-state index in [1.807, 2.05) is 0 Å². The van der Waals surface area contributed by atoms with Crippen LogP contribution in [0.1, 0.15) is 58.3 Å². The molecule has 3 nitrogen and oxygen atoms in total. The highest BCUT2D eigenvalue weighted by Crippen LogP contribution is 2.40. The van der Waals surface area contributed by atoms with Crippen LogP contribution in [-0.2, 0) is 0 Å². The predicted octanol–water partition coefficient (Wildman–Crippen LogP) is 2.39. The molecule has 1 atom stereocenters. The molecule has 1 heterocycles. The van der Waals surface area contributed by atoms with E-state index < -0.39 is 0 Å². The molecule has 0 bridgehead atoms. The molecule has 1 saturated carbocycles. The topological polar surface area (TPSA) is 35.5 Å². The van der Waals surface area contributed by atoms with Gasteiger partial charge in [0.2, 0.25) is 0 Å². The summed E-state index contributed by atoms with van der Waals surface area (Å²) in [5.74, 6) is 0.703. The normalized spacial score (nSPS) is 25.6. The number of rotatable bonds is 7. The molecule has 1 saturated heterocycles. The number of aliphatic hydroxyl groups is 1. The average Bonchev–Trinajstić information content (AvgIpc) is 3.22. The quantitative estimate of drug-likeness (QED) is 0.744. The molecule has 0 radical (unpaired) electrons. The SMILES string of the molecule is CCCNC(CO)(CN1CCCCCCC1)C1CC1. The molecular formula is C16H32N2O. The van der Waals surface area contributed by atoms with Crippen LogP contribution < -0.4 is 5.32 Å². The van der Waals surface area contributed by atoms with Crippen LogP contribution in [0.15, 0.2) is 0 Å². The molecule has 1 aliphatic heterocycles. The third-order valence-electron chi connectivity index (χ3n) is 4.82. The van der Waals surface area contributed by atoms with Crippen LogP contribution in [0.2, 0.25) is 0 Å². The number of hydrogen-bond acceptors (Lipinski definition) is 3. The van der Waals surface area contributed by atoms with E-state index in [4.69, 9.17) is 0 Å². The van der Waals surface area contributed by atoms with Gasteiger partial charge in [-0.15, -0.1) is 0 Å². The van der Waals surface area contributed by atoms with Crippen molar-refractivity contribution < 1.29 is 5.11 Å². The van der Waals surface area contributed by atoms with E-state index in [0.717, 1.165) is 19.5 Å². The van der Waals surface area contributed by atoms with E-state index in [0.29, 0.717) is 12.5 Å². The Morgan fingerprint density at radius 3 is 2.26 bits per heavy atom. The van der Waals surface area contributed by atoms with Gasteiger partial charge in [-0.05, 0) is 57.7 Å². The third kappa shape index (κ3) is 4.44. The zero-order valence-corrected chi connectivity index (χ0v) is 12.7. The van der Waals surface area contributed by atoms with Crippen molar-refractivity contribution >= 4 is 0 Å². The van der Waals surface area contributed by atoms with E-state index in [-0.39, 0.29) is 5.54 Å². The van der Waals surface area contributed by atoms with Crippen LogP contribution in [0.3, 0.4) is 0 Å². The highest BCUT2D eigenvalue weighted by Gasteiger charge is 2.45. The Hall–Kier alpha value is -0.120. The zero-order valence-electron chi connectivity index (χ0n) is 12.7. The van der Waals surface area contributed by atoms with Crippen molar-refractivity contribution in [1.82, 2.24) is 10.2 Å². The average molecular weight is 268 g/mol. The Balaban J connectivity index is 1.92. The van der Waals surface area contributed by atoms with Gasteiger partial charge < -0.3 is 15.3 Å². The Morgan fingerprint density at radius 1 is 1.11 bits per heavy atom. The lowest BCUT2D eigenvalue weighted by atomic mass is 9.92. The minimum atomic E-state index is -0.0186. The fourth-order valence-corrected chi connectivity index (χ4v) is 3.44. The van der Waals surface area contributed by atoms with Crippen LogP contribution in [0, 0.1) is 5.92 Å². The van der Waals surface area contributed by atoms with Gasteiger partial charge in [-0.2, -0.15) is 0 Å².